The van der Waals surface area contributed by atoms with Crippen molar-refractivity contribution in [3.05, 3.63) is 58.3 Å². The summed E-state index contributed by atoms with van der Waals surface area (Å²) < 4.78 is 3.17. The van der Waals surface area contributed by atoms with Crippen molar-refractivity contribution >= 4 is 0 Å². The number of benzene rings is 1. The second kappa shape index (κ2) is 5.39. The van der Waals surface area contributed by atoms with Gasteiger partial charge in [-0.1, -0.05) is 24.0 Å². The SMILES string of the molecule is Cn1ccn(Cc2cccc(C#CCO)c2)c1=O. The van der Waals surface area contributed by atoms with Crippen LogP contribution in [-0.2, 0) is 13.6 Å². The highest BCUT2D eigenvalue weighted by molar-refractivity contribution is 5.37. The van der Waals surface area contributed by atoms with Gasteiger partial charge >= 0.3 is 5.69 Å². The average Bonchev–Trinajstić information content (AvgIpc) is 2.69. The number of aliphatic hydroxyl groups excluding tert-OH is 1. The lowest BCUT2D eigenvalue weighted by Gasteiger charge is -2.02. The first-order valence-corrected chi connectivity index (χ1v) is 5.61. The van der Waals surface area contributed by atoms with Crippen molar-refractivity contribution < 1.29 is 5.11 Å². The van der Waals surface area contributed by atoms with Gasteiger partial charge in [-0.3, -0.25) is 4.57 Å². The molecule has 92 valence electrons. The first-order valence-electron chi connectivity index (χ1n) is 5.61. The molecule has 0 atom stereocenters. The van der Waals surface area contributed by atoms with Crippen molar-refractivity contribution in [1.29, 1.82) is 0 Å². The molecule has 0 saturated carbocycles. The van der Waals surface area contributed by atoms with Gasteiger partial charge in [-0.15, -0.1) is 0 Å². The van der Waals surface area contributed by atoms with Crippen LogP contribution in [0.3, 0.4) is 0 Å². The van der Waals surface area contributed by atoms with Crippen molar-refractivity contribution in [2.45, 2.75) is 6.54 Å². The molecule has 4 heteroatoms. The van der Waals surface area contributed by atoms with Gasteiger partial charge in [0.25, 0.3) is 0 Å². The third-order valence-electron chi connectivity index (χ3n) is 2.61. The molecule has 0 bridgehead atoms. The molecule has 18 heavy (non-hydrogen) atoms. The molecule has 0 aliphatic carbocycles. The van der Waals surface area contributed by atoms with E-state index in [-0.39, 0.29) is 12.3 Å². The number of imidazole rings is 1. The lowest BCUT2D eigenvalue weighted by atomic mass is 10.1. The smallest absolute Gasteiger partial charge is 0.328 e. The van der Waals surface area contributed by atoms with Crippen LogP contribution in [0.4, 0.5) is 0 Å². The molecule has 0 amide bonds. The second-order valence-electron chi connectivity index (χ2n) is 3.98. The molecule has 1 N–H and O–H groups in total. The van der Waals surface area contributed by atoms with Crippen LogP contribution in [0.1, 0.15) is 11.1 Å². The minimum atomic E-state index is -0.150. The van der Waals surface area contributed by atoms with Crippen LogP contribution in [0, 0.1) is 11.8 Å². The van der Waals surface area contributed by atoms with Crippen LogP contribution in [0.15, 0.2) is 41.5 Å². The molecule has 0 fully saturated rings. The Kier molecular flexibility index (Phi) is 3.66. The van der Waals surface area contributed by atoms with E-state index in [9.17, 15) is 4.79 Å². The summed E-state index contributed by atoms with van der Waals surface area (Å²) in [6, 6.07) is 7.64. The van der Waals surface area contributed by atoms with Gasteiger partial charge in [0.1, 0.15) is 6.61 Å². The molecule has 0 spiro atoms. The van der Waals surface area contributed by atoms with Crippen LogP contribution in [0.2, 0.25) is 0 Å². The van der Waals surface area contributed by atoms with Crippen molar-refractivity contribution in [2.24, 2.45) is 7.05 Å². The number of aromatic nitrogens is 2. The Morgan fingerprint density at radius 2 is 2.17 bits per heavy atom. The van der Waals surface area contributed by atoms with Crippen LogP contribution >= 0.6 is 0 Å². The fraction of sp³-hybridized carbons (Fsp3) is 0.214. The molecular formula is C14H14N2O2. The summed E-state index contributed by atoms with van der Waals surface area (Å²) >= 11 is 0. The molecule has 1 heterocycles. The lowest BCUT2D eigenvalue weighted by molar-refractivity contribution is 0.350. The Morgan fingerprint density at radius 3 is 2.83 bits per heavy atom. The molecule has 0 saturated heterocycles. The van der Waals surface area contributed by atoms with Crippen molar-refractivity contribution in [2.75, 3.05) is 6.61 Å². The van der Waals surface area contributed by atoms with E-state index in [4.69, 9.17) is 5.11 Å². The third-order valence-corrected chi connectivity index (χ3v) is 2.61. The number of hydrogen-bond acceptors (Lipinski definition) is 2. The van der Waals surface area contributed by atoms with Gasteiger partial charge in [-0.05, 0) is 17.7 Å². The largest absolute Gasteiger partial charge is 0.384 e. The van der Waals surface area contributed by atoms with E-state index in [1.54, 1.807) is 24.0 Å². The van der Waals surface area contributed by atoms with E-state index >= 15 is 0 Å². The predicted octanol–water partition coefficient (Wildman–Crippen LogP) is 0.579. The molecule has 0 aliphatic heterocycles. The third kappa shape index (κ3) is 2.70. The zero-order valence-corrected chi connectivity index (χ0v) is 10.1. The van der Waals surface area contributed by atoms with Crippen LogP contribution < -0.4 is 5.69 Å². The molecule has 2 aromatic rings. The number of aryl methyl sites for hydroxylation is 1. The first-order chi connectivity index (χ1) is 8.70. The summed E-state index contributed by atoms with van der Waals surface area (Å²) in [5, 5.41) is 8.65. The Morgan fingerprint density at radius 1 is 1.33 bits per heavy atom. The molecule has 4 nitrogen and oxygen atoms in total. The normalized spacial score (nSPS) is 9.89. The fourth-order valence-electron chi connectivity index (χ4n) is 1.72. The van der Waals surface area contributed by atoms with Gasteiger partial charge in [0.15, 0.2) is 0 Å². The number of hydrogen-bond donors (Lipinski definition) is 1. The highest BCUT2D eigenvalue weighted by Gasteiger charge is 2.01. The first kappa shape index (κ1) is 12.2. The van der Waals surface area contributed by atoms with Crippen LogP contribution in [-0.4, -0.2) is 20.8 Å². The predicted molar refractivity (Wildman–Crippen MR) is 69.2 cm³/mol. The summed E-state index contributed by atoms with van der Waals surface area (Å²) in [6.07, 6.45) is 3.49. The molecule has 0 radical (unpaired) electrons. The lowest BCUT2D eigenvalue weighted by Crippen LogP contribution is -2.22. The molecule has 1 aromatic heterocycles. The van der Waals surface area contributed by atoms with Crippen LogP contribution in [0.25, 0.3) is 0 Å². The zero-order valence-electron chi connectivity index (χ0n) is 10.1. The summed E-state index contributed by atoms with van der Waals surface area (Å²) in [6.45, 7) is 0.372. The quantitative estimate of drug-likeness (QED) is 0.783. The Balaban J connectivity index is 2.24. The Labute approximate surface area is 105 Å². The number of aliphatic hydroxyl groups is 1. The summed E-state index contributed by atoms with van der Waals surface area (Å²) in [7, 11) is 1.72. The standard InChI is InChI=1S/C14H14N2O2/c1-15-7-8-16(14(15)18)11-13-5-2-4-12(10-13)6-3-9-17/h2,4-5,7-8,10,17H,9,11H2,1H3. The van der Waals surface area contributed by atoms with Crippen molar-refractivity contribution in [3.8, 4) is 11.8 Å². The maximum absolute atomic E-state index is 11.7. The van der Waals surface area contributed by atoms with E-state index < -0.39 is 0 Å². The van der Waals surface area contributed by atoms with Gasteiger partial charge in [0.05, 0.1) is 6.54 Å². The second-order valence-corrected chi connectivity index (χ2v) is 3.98. The van der Waals surface area contributed by atoms with Gasteiger partial charge < -0.3 is 9.67 Å². The summed E-state index contributed by atoms with van der Waals surface area (Å²) in [5.74, 6) is 5.45. The molecule has 0 aliphatic rings. The Hall–Kier alpha value is -2.25. The summed E-state index contributed by atoms with van der Waals surface area (Å²) in [4.78, 5) is 11.7. The van der Waals surface area contributed by atoms with Crippen LogP contribution in [0.5, 0.6) is 0 Å². The molecule has 0 unspecified atom stereocenters. The van der Waals surface area contributed by atoms with Gasteiger partial charge in [-0.25, -0.2) is 4.79 Å². The van der Waals surface area contributed by atoms with E-state index in [1.807, 2.05) is 24.3 Å². The van der Waals surface area contributed by atoms with E-state index in [1.165, 1.54) is 4.57 Å². The van der Waals surface area contributed by atoms with Crippen molar-refractivity contribution in [3.63, 3.8) is 0 Å². The van der Waals surface area contributed by atoms with Gasteiger partial charge in [0.2, 0.25) is 0 Å². The maximum Gasteiger partial charge on any atom is 0.328 e. The zero-order chi connectivity index (χ0) is 13.0. The van der Waals surface area contributed by atoms with E-state index in [0.29, 0.717) is 6.54 Å². The molecular weight excluding hydrogens is 228 g/mol. The number of nitrogens with zero attached hydrogens (tertiary/aromatic N) is 2. The van der Waals surface area contributed by atoms with E-state index in [0.717, 1.165) is 11.1 Å². The topological polar surface area (TPSA) is 47.2 Å². The monoisotopic (exact) mass is 242 g/mol. The molecule has 2 rings (SSSR count). The van der Waals surface area contributed by atoms with E-state index in [2.05, 4.69) is 11.8 Å². The minimum Gasteiger partial charge on any atom is -0.384 e. The summed E-state index contributed by atoms with van der Waals surface area (Å²) in [5.41, 5.74) is 1.81. The highest BCUT2D eigenvalue weighted by atomic mass is 16.2. The minimum absolute atomic E-state index is 0.0400. The highest BCUT2D eigenvalue weighted by Crippen LogP contribution is 2.05. The fourth-order valence-corrected chi connectivity index (χ4v) is 1.72. The maximum atomic E-state index is 11.7. The van der Waals surface area contributed by atoms with Gasteiger partial charge in [-0.2, -0.15) is 0 Å². The average molecular weight is 242 g/mol. The van der Waals surface area contributed by atoms with Gasteiger partial charge in [0, 0.05) is 25.0 Å². The van der Waals surface area contributed by atoms with Crippen molar-refractivity contribution in [1.82, 2.24) is 9.13 Å². The Bertz CT molecular complexity index is 656. The molecule has 1 aromatic carbocycles. The number of rotatable bonds is 2.